The molecule has 5 heteroatoms. The van der Waals surface area contributed by atoms with Gasteiger partial charge in [-0.3, -0.25) is 0 Å². The molecule has 21 heavy (non-hydrogen) atoms. The summed E-state index contributed by atoms with van der Waals surface area (Å²) in [5.74, 6) is 0. The SMILES string of the molecule is CN(C)[S+](N(C)C)N(C)C.[CH]1[CH][CH][CH][CH]1.[CH]1[CH][CH][CH][CH]1.[Li+]. The molecule has 2 aliphatic carbocycles. The third-order valence-electron chi connectivity index (χ3n) is 2.09. The van der Waals surface area contributed by atoms with Crippen LogP contribution in [0.1, 0.15) is 0 Å². The van der Waals surface area contributed by atoms with E-state index in [0.29, 0.717) is 0 Å². The van der Waals surface area contributed by atoms with Crippen molar-refractivity contribution in [3.8, 4) is 0 Å². The van der Waals surface area contributed by atoms with Crippen LogP contribution in [0.5, 0.6) is 0 Å². The van der Waals surface area contributed by atoms with Crippen molar-refractivity contribution >= 4 is 11.5 Å². The Bertz CT molecular complexity index is 161. The maximum atomic E-state index is 2.19. The van der Waals surface area contributed by atoms with E-state index in [0.717, 1.165) is 0 Å². The fraction of sp³-hybridized carbons (Fsp3) is 0.375. The average Bonchev–Trinajstić information content (AvgIpc) is 3.07. The average molecular weight is 301 g/mol. The van der Waals surface area contributed by atoms with Crippen LogP contribution in [-0.4, -0.2) is 55.2 Å². The van der Waals surface area contributed by atoms with Crippen molar-refractivity contribution in [1.82, 2.24) is 12.9 Å². The van der Waals surface area contributed by atoms with E-state index in [9.17, 15) is 0 Å². The van der Waals surface area contributed by atoms with E-state index in [1.54, 1.807) is 0 Å². The normalized spacial score (nSPS) is 17.4. The zero-order valence-corrected chi connectivity index (χ0v) is 15.3. The summed E-state index contributed by atoms with van der Waals surface area (Å²) >= 11 is 0.120. The summed E-state index contributed by atoms with van der Waals surface area (Å²) in [5.41, 5.74) is 0. The van der Waals surface area contributed by atoms with Crippen molar-refractivity contribution in [3.05, 3.63) is 64.2 Å². The monoisotopic (exact) mass is 301 g/mol. The Hall–Kier alpha value is 0.827. The first-order valence-corrected chi connectivity index (χ1v) is 7.66. The van der Waals surface area contributed by atoms with Gasteiger partial charge in [-0.1, -0.05) is 12.9 Å². The van der Waals surface area contributed by atoms with Crippen LogP contribution in [-0.2, 0) is 11.5 Å². The number of nitrogens with zero attached hydrogens (tertiary/aromatic N) is 3. The summed E-state index contributed by atoms with van der Waals surface area (Å²) < 4.78 is 6.58. The Labute approximate surface area is 149 Å². The summed E-state index contributed by atoms with van der Waals surface area (Å²) in [6, 6.07) is 0. The minimum absolute atomic E-state index is 0. The summed E-state index contributed by atoms with van der Waals surface area (Å²) in [6.45, 7) is 0. The van der Waals surface area contributed by atoms with E-state index in [2.05, 4.69) is 55.2 Å². The van der Waals surface area contributed by atoms with Crippen molar-refractivity contribution in [2.24, 2.45) is 0 Å². The molecule has 0 atom stereocenters. The van der Waals surface area contributed by atoms with Gasteiger partial charge in [0, 0.05) is 42.3 Å². The van der Waals surface area contributed by atoms with E-state index >= 15 is 0 Å². The van der Waals surface area contributed by atoms with Crippen LogP contribution in [0.15, 0.2) is 0 Å². The quantitative estimate of drug-likeness (QED) is 0.493. The molecule has 0 N–H and O–H groups in total. The molecule has 10 radical (unpaired) electrons. The standard InChI is InChI=1S/C6H18N3S.2C5H5.Li/c1-7(2)10(8(3)4)9(5)6;2*1-2-4-5-3-1;/h1-6H3;2*1-5H;/q+1;;;+1. The molecular formula is C16H28LiN3S+2. The molecule has 0 aromatic carbocycles. The van der Waals surface area contributed by atoms with Crippen LogP contribution in [0, 0.1) is 64.2 Å². The van der Waals surface area contributed by atoms with Crippen LogP contribution in [0.2, 0.25) is 0 Å². The van der Waals surface area contributed by atoms with Crippen molar-refractivity contribution < 1.29 is 18.9 Å². The predicted molar refractivity (Wildman–Crippen MR) is 91.4 cm³/mol. The van der Waals surface area contributed by atoms with Gasteiger partial charge < -0.3 is 0 Å². The van der Waals surface area contributed by atoms with Crippen molar-refractivity contribution in [3.63, 3.8) is 0 Å². The fourth-order valence-electron chi connectivity index (χ4n) is 1.62. The molecule has 112 valence electrons. The van der Waals surface area contributed by atoms with E-state index in [4.69, 9.17) is 0 Å². The van der Waals surface area contributed by atoms with E-state index in [1.165, 1.54) is 0 Å². The number of rotatable bonds is 3. The van der Waals surface area contributed by atoms with Crippen molar-refractivity contribution in [1.29, 1.82) is 0 Å². The Kier molecular flexibility index (Phi) is 18.0. The Morgan fingerprint density at radius 3 is 0.619 bits per heavy atom. The van der Waals surface area contributed by atoms with Gasteiger partial charge in [-0.05, 0) is 64.2 Å². The molecule has 0 aromatic rings. The second-order valence-electron chi connectivity index (χ2n) is 4.61. The maximum absolute atomic E-state index is 2.19. The van der Waals surface area contributed by atoms with E-state index in [1.807, 2.05) is 64.2 Å². The van der Waals surface area contributed by atoms with Crippen molar-refractivity contribution in [2.45, 2.75) is 0 Å². The molecule has 0 amide bonds. The number of hydrogen-bond acceptors (Lipinski definition) is 3. The second-order valence-corrected chi connectivity index (χ2v) is 7.29. The fourth-order valence-corrected chi connectivity index (χ4v) is 3.58. The topological polar surface area (TPSA) is 9.72 Å². The Morgan fingerprint density at radius 1 is 0.429 bits per heavy atom. The first-order chi connectivity index (χ1) is 9.46. The minimum Gasteiger partial charge on any atom is -0.0942 e. The van der Waals surface area contributed by atoms with E-state index in [-0.39, 0.29) is 30.3 Å². The first kappa shape index (κ1) is 24.1. The van der Waals surface area contributed by atoms with Crippen LogP contribution in [0.25, 0.3) is 0 Å². The van der Waals surface area contributed by atoms with Gasteiger partial charge in [0.15, 0.2) is 0 Å². The number of hydrogen-bond donors (Lipinski definition) is 0. The summed E-state index contributed by atoms with van der Waals surface area (Å²) in [6.07, 6.45) is 20.0. The third-order valence-corrected chi connectivity index (χ3v) is 4.05. The molecule has 0 aromatic heterocycles. The summed E-state index contributed by atoms with van der Waals surface area (Å²) in [7, 11) is 12.5. The van der Waals surface area contributed by atoms with Crippen molar-refractivity contribution in [2.75, 3.05) is 42.3 Å². The molecule has 0 saturated heterocycles. The minimum atomic E-state index is 0. The molecule has 2 saturated carbocycles. The van der Waals surface area contributed by atoms with Gasteiger partial charge in [0.1, 0.15) is 0 Å². The molecule has 2 fully saturated rings. The van der Waals surface area contributed by atoms with Gasteiger partial charge in [-0.2, -0.15) is 0 Å². The molecule has 3 nitrogen and oxygen atoms in total. The molecular weight excluding hydrogens is 273 g/mol. The van der Waals surface area contributed by atoms with Crippen LogP contribution in [0.4, 0.5) is 0 Å². The second kappa shape index (κ2) is 15.7. The largest absolute Gasteiger partial charge is 1.00 e. The molecule has 0 bridgehead atoms. The van der Waals surface area contributed by atoms with Crippen LogP contribution < -0.4 is 18.9 Å². The molecule has 2 aliphatic rings. The van der Waals surface area contributed by atoms with Gasteiger partial charge in [0.2, 0.25) is 0 Å². The third kappa shape index (κ3) is 14.2. The van der Waals surface area contributed by atoms with Crippen LogP contribution >= 0.6 is 0 Å². The molecule has 0 spiro atoms. The predicted octanol–water partition coefficient (Wildman–Crippen LogP) is -0.919. The van der Waals surface area contributed by atoms with Gasteiger partial charge in [0.25, 0.3) is 11.5 Å². The molecule has 0 aliphatic heterocycles. The molecule has 0 unspecified atom stereocenters. The molecule has 0 heterocycles. The van der Waals surface area contributed by atoms with E-state index < -0.39 is 0 Å². The van der Waals surface area contributed by atoms with Gasteiger partial charge in [0.05, 0.1) is 0 Å². The summed E-state index contributed by atoms with van der Waals surface area (Å²) in [5, 5.41) is 0. The van der Waals surface area contributed by atoms with Gasteiger partial charge in [-0.15, -0.1) is 0 Å². The Morgan fingerprint density at radius 2 is 0.571 bits per heavy atom. The Balaban J connectivity index is 0. The smallest absolute Gasteiger partial charge is 0.0942 e. The first-order valence-electron chi connectivity index (χ1n) is 6.56. The molecule has 2 rings (SSSR count). The summed E-state index contributed by atoms with van der Waals surface area (Å²) in [4.78, 5) is 0. The zero-order chi connectivity index (χ0) is 15.4. The zero-order valence-electron chi connectivity index (χ0n) is 14.5. The van der Waals surface area contributed by atoms with Gasteiger partial charge in [-0.25, -0.2) is 0 Å². The van der Waals surface area contributed by atoms with Crippen LogP contribution in [0.3, 0.4) is 0 Å². The maximum Gasteiger partial charge on any atom is 1.00 e. The van der Waals surface area contributed by atoms with Gasteiger partial charge >= 0.3 is 18.9 Å².